The van der Waals surface area contributed by atoms with E-state index in [0.29, 0.717) is 34.5 Å². The summed E-state index contributed by atoms with van der Waals surface area (Å²) in [7, 11) is 1.60. The minimum atomic E-state index is -0.351. The Hall–Kier alpha value is -4.79. The minimum absolute atomic E-state index is 0.126. The topological polar surface area (TPSA) is 112 Å². The number of nitrogens with zero attached hydrogens (tertiary/aromatic N) is 4. The van der Waals surface area contributed by atoms with Crippen LogP contribution in [-0.4, -0.2) is 32.7 Å². The zero-order valence-corrected chi connectivity index (χ0v) is 18.8. The van der Waals surface area contributed by atoms with Crippen LogP contribution in [0.5, 0.6) is 5.75 Å². The summed E-state index contributed by atoms with van der Waals surface area (Å²) in [6, 6.07) is 21.5. The van der Waals surface area contributed by atoms with Crippen molar-refractivity contribution in [3.05, 3.63) is 94.9 Å². The molecule has 0 saturated carbocycles. The summed E-state index contributed by atoms with van der Waals surface area (Å²) in [6.45, 7) is 0.213. The van der Waals surface area contributed by atoms with E-state index in [2.05, 4.69) is 20.4 Å². The van der Waals surface area contributed by atoms with Crippen molar-refractivity contribution in [3.8, 4) is 28.7 Å². The molecule has 5 rings (SSSR count). The highest BCUT2D eigenvalue weighted by Gasteiger charge is 2.18. The van der Waals surface area contributed by atoms with Gasteiger partial charge in [-0.2, -0.15) is 4.98 Å². The van der Waals surface area contributed by atoms with Crippen LogP contribution in [0, 0.1) is 0 Å². The van der Waals surface area contributed by atoms with Gasteiger partial charge in [-0.15, -0.1) is 0 Å². The fraction of sp³-hybridized carbons (Fsp3) is 0.115. The first-order valence-corrected chi connectivity index (χ1v) is 10.9. The van der Waals surface area contributed by atoms with Crippen molar-refractivity contribution in [2.24, 2.45) is 0 Å². The molecular formula is C26H21N5O4. The SMILES string of the molecule is COc1ccc(CNC(=O)Cn2c(=O)cc(-c3nc(-c4ccccn4)no3)c3ccccc32)cc1. The van der Waals surface area contributed by atoms with Crippen LogP contribution < -0.4 is 15.6 Å². The molecule has 174 valence electrons. The second-order valence-electron chi connectivity index (χ2n) is 7.76. The van der Waals surface area contributed by atoms with Crippen LogP contribution in [0.4, 0.5) is 0 Å². The van der Waals surface area contributed by atoms with Gasteiger partial charge in [0, 0.05) is 24.2 Å². The van der Waals surface area contributed by atoms with E-state index in [9.17, 15) is 9.59 Å². The summed E-state index contributed by atoms with van der Waals surface area (Å²) < 4.78 is 12.0. The highest BCUT2D eigenvalue weighted by Crippen LogP contribution is 2.27. The zero-order valence-electron chi connectivity index (χ0n) is 18.8. The van der Waals surface area contributed by atoms with Crippen molar-refractivity contribution in [2.75, 3.05) is 7.11 Å². The normalized spacial score (nSPS) is 10.9. The predicted octanol–water partition coefficient (Wildman–Crippen LogP) is 3.44. The van der Waals surface area contributed by atoms with Crippen molar-refractivity contribution >= 4 is 16.8 Å². The summed E-state index contributed by atoms with van der Waals surface area (Å²) in [5.74, 6) is 0.990. The molecular weight excluding hydrogens is 446 g/mol. The number of hydrogen-bond donors (Lipinski definition) is 1. The average Bonchev–Trinajstić information content (AvgIpc) is 3.40. The van der Waals surface area contributed by atoms with Gasteiger partial charge in [0.1, 0.15) is 18.0 Å². The molecule has 0 saturated heterocycles. The number of carbonyl (C=O) groups is 1. The Balaban J connectivity index is 1.41. The number of methoxy groups -OCH3 is 1. The molecule has 3 aromatic heterocycles. The first kappa shape index (κ1) is 22.0. The third-order valence-electron chi connectivity index (χ3n) is 5.52. The van der Waals surface area contributed by atoms with Gasteiger partial charge in [0.15, 0.2) is 0 Å². The van der Waals surface area contributed by atoms with Gasteiger partial charge in [-0.05, 0) is 35.9 Å². The van der Waals surface area contributed by atoms with E-state index >= 15 is 0 Å². The van der Waals surface area contributed by atoms with Crippen molar-refractivity contribution in [1.82, 2.24) is 25.0 Å². The molecule has 1 N–H and O–H groups in total. The molecule has 3 heterocycles. The molecule has 0 fully saturated rings. The Morgan fingerprint density at radius 3 is 2.63 bits per heavy atom. The fourth-order valence-electron chi connectivity index (χ4n) is 3.75. The van der Waals surface area contributed by atoms with Crippen LogP contribution in [0.1, 0.15) is 5.56 Å². The van der Waals surface area contributed by atoms with Crippen molar-refractivity contribution in [1.29, 1.82) is 0 Å². The Bertz CT molecular complexity index is 1540. The van der Waals surface area contributed by atoms with E-state index in [4.69, 9.17) is 9.26 Å². The Morgan fingerprint density at radius 2 is 1.86 bits per heavy atom. The molecule has 2 aromatic carbocycles. The number of amides is 1. The van der Waals surface area contributed by atoms with Crippen LogP contribution in [0.2, 0.25) is 0 Å². The van der Waals surface area contributed by atoms with Gasteiger partial charge in [0.2, 0.25) is 11.7 Å². The number of pyridine rings is 2. The van der Waals surface area contributed by atoms with E-state index in [-0.39, 0.29) is 23.9 Å². The quantitative estimate of drug-likeness (QED) is 0.390. The van der Waals surface area contributed by atoms with Gasteiger partial charge in [-0.25, -0.2) is 0 Å². The number of aromatic nitrogens is 4. The molecule has 0 atom stereocenters. The molecule has 0 aliphatic rings. The number of para-hydroxylation sites is 1. The Morgan fingerprint density at radius 1 is 1.06 bits per heavy atom. The smallest absolute Gasteiger partial charge is 0.259 e. The standard InChI is InChI=1S/C26H21N5O4/c1-34-18-11-9-17(10-12-18)15-28-23(32)16-31-22-8-3-2-6-19(22)20(14-24(31)33)26-29-25(30-35-26)21-7-4-5-13-27-21/h2-14H,15-16H2,1H3,(H,28,32). The summed E-state index contributed by atoms with van der Waals surface area (Å²) in [5, 5.41) is 7.58. The number of hydrogen-bond acceptors (Lipinski definition) is 7. The van der Waals surface area contributed by atoms with Gasteiger partial charge < -0.3 is 14.6 Å². The lowest BCUT2D eigenvalue weighted by molar-refractivity contribution is -0.121. The summed E-state index contributed by atoms with van der Waals surface area (Å²) in [6.07, 6.45) is 1.64. The van der Waals surface area contributed by atoms with E-state index < -0.39 is 0 Å². The van der Waals surface area contributed by atoms with Crippen LogP contribution in [0.25, 0.3) is 33.9 Å². The van der Waals surface area contributed by atoms with Crippen molar-refractivity contribution in [3.63, 3.8) is 0 Å². The van der Waals surface area contributed by atoms with Crippen LogP contribution in [0.3, 0.4) is 0 Å². The summed E-state index contributed by atoms with van der Waals surface area (Å²) >= 11 is 0. The van der Waals surface area contributed by atoms with Crippen LogP contribution >= 0.6 is 0 Å². The molecule has 0 aliphatic heterocycles. The predicted molar refractivity (Wildman–Crippen MR) is 130 cm³/mol. The minimum Gasteiger partial charge on any atom is -0.497 e. The largest absolute Gasteiger partial charge is 0.497 e. The molecule has 0 spiro atoms. The van der Waals surface area contributed by atoms with Gasteiger partial charge >= 0.3 is 0 Å². The van der Waals surface area contributed by atoms with Gasteiger partial charge in [0.25, 0.3) is 11.4 Å². The van der Waals surface area contributed by atoms with Gasteiger partial charge in [0.05, 0.1) is 18.2 Å². The fourth-order valence-corrected chi connectivity index (χ4v) is 3.75. The molecule has 9 heteroatoms. The number of rotatable bonds is 7. The molecule has 0 aliphatic carbocycles. The lowest BCUT2D eigenvalue weighted by Crippen LogP contribution is -2.32. The lowest BCUT2D eigenvalue weighted by atomic mass is 10.1. The Labute approximate surface area is 200 Å². The molecule has 1 amide bonds. The van der Waals surface area contributed by atoms with E-state index in [1.54, 1.807) is 31.5 Å². The summed E-state index contributed by atoms with van der Waals surface area (Å²) in [5.41, 5.74) is 2.22. The number of carbonyl (C=O) groups excluding carboxylic acids is 1. The molecule has 0 radical (unpaired) electrons. The van der Waals surface area contributed by atoms with Crippen molar-refractivity contribution in [2.45, 2.75) is 13.1 Å². The first-order chi connectivity index (χ1) is 17.1. The van der Waals surface area contributed by atoms with Crippen molar-refractivity contribution < 1.29 is 14.1 Å². The highest BCUT2D eigenvalue weighted by atomic mass is 16.5. The third-order valence-corrected chi connectivity index (χ3v) is 5.52. The molecule has 0 unspecified atom stereocenters. The monoisotopic (exact) mass is 467 g/mol. The molecule has 9 nitrogen and oxygen atoms in total. The van der Waals surface area contributed by atoms with Gasteiger partial charge in [-0.1, -0.05) is 41.6 Å². The maximum Gasteiger partial charge on any atom is 0.259 e. The molecule has 35 heavy (non-hydrogen) atoms. The first-order valence-electron chi connectivity index (χ1n) is 10.9. The van der Waals surface area contributed by atoms with E-state index in [1.165, 1.54) is 10.6 Å². The highest BCUT2D eigenvalue weighted by molar-refractivity contribution is 5.93. The van der Waals surface area contributed by atoms with Gasteiger partial charge in [-0.3, -0.25) is 19.1 Å². The number of benzene rings is 2. The summed E-state index contributed by atoms with van der Waals surface area (Å²) in [4.78, 5) is 34.4. The number of ether oxygens (including phenoxy) is 1. The number of nitrogens with one attached hydrogen (secondary N) is 1. The average molecular weight is 467 g/mol. The zero-order chi connectivity index (χ0) is 24.2. The second-order valence-corrected chi connectivity index (χ2v) is 7.76. The third kappa shape index (κ3) is 4.65. The van der Waals surface area contributed by atoms with Crippen LogP contribution in [0.15, 0.2) is 88.3 Å². The maximum absolute atomic E-state index is 13.1. The van der Waals surface area contributed by atoms with Crippen LogP contribution in [-0.2, 0) is 17.9 Å². The Kier molecular flexibility index (Phi) is 6.04. The van der Waals surface area contributed by atoms with E-state index in [0.717, 1.165) is 11.3 Å². The molecule has 5 aromatic rings. The lowest BCUT2D eigenvalue weighted by Gasteiger charge is -2.12. The maximum atomic E-state index is 13.1. The van der Waals surface area contributed by atoms with E-state index in [1.807, 2.05) is 48.5 Å². The number of fused-ring (bicyclic) bond motifs is 1. The molecule has 0 bridgehead atoms. The second kappa shape index (κ2) is 9.60.